The Morgan fingerprint density at radius 3 is 2.55 bits per heavy atom. The van der Waals surface area contributed by atoms with Gasteiger partial charge in [-0.2, -0.15) is 0 Å². The Morgan fingerprint density at radius 1 is 1.30 bits per heavy atom. The molecule has 0 aliphatic carbocycles. The highest BCUT2D eigenvalue weighted by Gasteiger charge is 2.25. The van der Waals surface area contributed by atoms with Crippen molar-refractivity contribution in [3.8, 4) is 5.75 Å². The van der Waals surface area contributed by atoms with Crippen LogP contribution in [-0.4, -0.2) is 54.4 Å². The molecule has 6 nitrogen and oxygen atoms in total. The zero-order chi connectivity index (χ0) is 14.5. The number of ether oxygens (including phenoxy) is 1. The van der Waals surface area contributed by atoms with Gasteiger partial charge in [-0.15, -0.1) is 0 Å². The van der Waals surface area contributed by atoms with Gasteiger partial charge in [0.05, 0.1) is 5.69 Å². The molecule has 1 saturated heterocycles. The van der Waals surface area contributed by atoms with E-state index in [9.17, 15) is 9.59 Å². The number of carbonyl (C=O) groups is 2. The van der Waals surface area contributed by atoms with Gasteiger partial charge in [-0.05, 0) is 19.1 Å². The molecule has 1 fully saturated rings. The number of anilines is 1. The van der Waals surface area contributed by atoms with E-state index in [0.29, 0.717) is 37.6 Å². The number of hydrogen-bond acceptors (Lipinski definition) is 4. The van der Waals surface area contributed by atoms with E-state index in [2.05, 4.69) is 0 Å². The van der Waals surface area contributed by atoms with Crippen LogP contribution >= 0.6 is 0 Å². The van der Waals surface area contributed by atoms with Gasteiger partial charge in [0.2, 0.25) is 6.41 Å². The van der Waals surface area contributed by atoms with Crippen molar-refractivity contribution >= 4 is 18.0 Å². The highest BCUT2D eigenvalue weighted by molar-refractivity contribution is 5.81. The molecule has 0 bridgehead atoms. The Kier molecular flexibility index (Phi) is 4.45. The van der Waals surface area contributed by atoms with Gasteiger partial charge in [-0.25, -0.2) is 0 Å². The first-order valence-electron chi connectivity index (χ1n) is 6.61. The molecule has 1 aliphatic heterocycles. The predicted octanol–water partition coefficient (Wildman–Crippen LogP) is 0.337. The van der Waals surface area contributed by atoms with Gasteiger partial charge in [0.1, 0.15) is 5.75 Å². The minimum Gasteiger partial charge on any atom is -0.479 e. The molecular weight excluding hydrogens is 258 g/mol. The summed E-state index contributed by atoms with van der Waals surface area (Å²) in [4.78, 5) is 26.3. The fourth-order valence-electron chi connectivity index (χ4n) is 2.13. The Balaban J connectivity index is 1.93. The van der Waals surface area contributed by atoms with E-state index in [1.165, 1.54) is 0 Å². The molecule has 6 heteroatoms. The van der Waals surface area contributed by atoms with Crippen molar-refractivity contribution in [2.24, 2.45) is 0 Å². The van der Waals surface area contributed by atoms with E-state index >= 15 is 0 Å². The summed E-state index contributed by atoms with van der Waals surface area (Å²) in [5.41, 5.74) is 6.30. The number of amides is 2. The van der Waals surface area contributed by atoms with Gasteiger partial charge in [0.25, 0.3) is 5.91 Å². The Hall–Kier alpha value is -2.24. The van der Waals surface area contributed by atoms with Crippen LogP contribution in [0.3, 0.4) is 0 Å². The van der Waals surface area contributed by atoms with Crippen LogP contribution in [0.1, 0.15) is 6.92 Å². The van der Waals surface area contributed by atoms with E-state index in [0.717, 1.165) is 6.41 Å². The van der Waals surface area contributed by atoms with Crippen molar-refractivity contribution in [2.75, 3.05) is 31.9 Å². The van der Waals surface area contributed by atoms with Crippen molar-refractivity contribution in [1.82, 2.24) is 9.80 Å². The maximum Gasteiger partial charge on any atom is 0.263 e. The summed E-state index contributed by atoms with van der Waals surface area (Å²) in [6.45, 7) is 3.91. The SMILES string of the molecule is CC(Oc1ccccc1N)C(=O)N1CCN(C=O)CC1. The fraction of sp³-hybridized carbons (Fsp3) is 0.429. The quantitative estimate of drug-likeness (QED) is 0.636. The van der Waals surface area contributed by atoms with Crippen LogP contribution in [0.5, 0.6) is 5.75 Å². The summed E-state index contributed by atoms with van der Waals surface area (Å²) in [6, 6.07) is 7.10. The van der Waals surface area contributed by atoms with E-state index in [1.807, 2.05) is 12.1 Å². The third-order valence-electron chi connectivity index (χ3n) is 3.35. The number of hydrogen-bond donors (Lipinski definition) is 1. The molecule has 108 valence electrons. The zero-order valence-corrected chi connectivity index (χ0v) is 11.5. The van der Waals surface area contributed by atoms with Gasteiger partial charge in [0.15, 0.2) is 6.10 Å². The third-order valence-corrected chi connectivity index (χ3v) is 3.35. The summed E-state index contributed by atoms with van der Waals surface area (Å²) in [5, 5.41) is 0. The number of carbonyl (C=O) groups excluding carboxylic acids is 2. The molecule has 2 rings (SSSR count). The summed E-state index contributed by atoms with van der Waals surface area (Å²) in [5.74, 6) is 0.429. The number of piperazine rings is 1. The fourth-order valence-corrected chi connectivity index (χ4v) is 2.13. The third kappa shape index (κ3) is 3.20. The normalized spacial score (nSPS) is 16.6. The standard InChI is InChI=1S/C14H19N3O3/c1-11(20-13-5-3-2-4-12(13)15)14(19)17-8-6-16(10-18)7-9-17/h2-5,10-11H,6-9,15H2,1H3. The lowest BCUT2D eigenvalue weighted by molar-refractivity contribution is -0.141. The molecule has 2 amide bonds. The molecule has 2 N–H and O–H groups in total. The minimum absolute atomic E-state index is 0.0844. The lowest BCUT2D eigenvalue weighted by Crippen LogP contribution is -2.51. The number of para-hydroxylation sites is 2. The van der Waals surface area contributed by atoms with Crippen molar-refractivity contribution in [3.63, 3.8) is 0 Å². The highest BCUT2D eigenvalue weighted by atomic mass is 16.5. The largest absolute Gasteiger partial charge is 0.479 e. The van der Waals surface area contributed by atoms with Gasteiger partial charge in [-0.3, -0.25) is 9.59 Å². The second kappa shape index (κ2) is 6.27. The molecule has 1 aromatic rings. The number of nitrogen functional groups attached to an aromatic ring is 1. The van der Waals surface area contributed by atoms with E-state index in [-0.39, 0.29) is 5.91 Å². The minimum atomic E-state index is -0.595. The van der Waals surface area contributed by atoms with Crippen molar-refractivity contribution < 1.29 is 14.3 Å². The Morgan fingerprint density at radius 2 is 1.95 bits per heavy atom. The van der Waals surface area contributed by atoms with Crippen LogP contribution < -0.4 is 10.5 Å². The van der Waals surface area contributed by atoms with Crippen LogP contribution in [0.2, 0.25) is 0 Å². The molecule has 1 aromatic carbocycles. The first-order chi connectivity index (χ1) is 9.61. The molecule has 0 aromatic heterocycles. The van der Waals surface area contributed by atoms with Gasteiger partial charge < -0.3 is 20.3 Å². The Bertz CT molecular complexity index is 484. The smallest absolute Gasteiger partial charge is 0.263 e. The van der Waals surface area contributed by atoms with E-state index < -0.39 is 6.10 Å². The van der Waals surface area contributed by atoms with Gasteiger partial charge >= 0.3 is 0 Å². The van der Waals surface area contributed by atoms with Crippen LogP contribution in [0.25, 0.3) is 0 Å². The monoisotopic (exact) mass is 277 g/mol. The molecule has 0 saturated carbocycles. The lowest BCUT2D eigenvalue weighted by atomic mass is 10.2. The number of nitrogens with zero attached hydrogens (tertiary/aromatic N) is 2. The molecule has 1 aliphatic rings. The molecular formula is C14H19N3O3. The van der Waals surface area contributed by atoms with Crippen LogP contribution in [0.15, 0.2) is 24.3 Å². The lowest BCUT2D eigenvalue weighted by Gasteiger charge is -2.34. The molecule has 1 unspecified atom stereocenters. The molecule has 20 heavy (non-hydrogen) atoms. The van der Waals surface area contributed by atoms with E-state index in [4.69, 9.17) is 10.5 Å². The summed E-state index contributed by atoms with van der Waals surface area (Å²) < 4.78 is 5.61. The highest BCUT2D eigenvalue weighted by Crippen LogP contribution is 2.21. The average Bonchev–Trinajstić information content (AvgIpc) is 2.49. The number of benzene rings is 1. The van der Waals surface area contributed by atoms with Crippen molar-refractivity contribution in [2.45, 2.75) is 13.0 Å². The molecule has 1 atom stereocenters. The van der Waals surface area contributed by atoms with Crippen LogP contribution in [0, 0.1) is 0 Å². The van der Waals surface area contributed by atoms with E-state index in [1.54, 1.807) is 28.9 Å². The zero-order valence-electron chi connectivity index (χ0n) is 11.5. The first kappa shape index (κ1) is 14.2. The maximum atomic E-state index is 12.3. The van der Waals surface area contributed by atoms with Gasteiger partial charge in [0, 0.05) is 26.2 Å². The summed E-state index contributed by atoms with van der Waals surface area (Å²) in [7, 11) is 0. The number of nitrogens with two attached hydrogens (primary N) is 1. The predicted molar refractivity (Wildman–Crippen MR) is 75.2 cm³/mol. The van der Waals surface area contributed by atoms with Crippen molar-refractivity contribution in [3.05, 3.63) is 24.3 Å². The van der Waals surface area contributed by atoms with Crippen molar-refractivity contribution in [1.29, 1.82) is 0 Å². The van der Waals surface area contributed by atoms with Gasteiger partial charge in [-0.1, -0.05) is 12.1 Å². The molecule has 0 spiro atoms. The average molecular weight is 277 g/mol. The second-order valence-corrected chi connectivity index (χ2v) is 4.76. The topological polar surface area (TPSA) is 75.9 Å². The second-order valence-electron chi connectivity index (χ2n) is 4.76. The molecule has 0 radical (unpaired) electrons. The van der Waals surface area contributed by atoms with Crippen LogP contribution in [-0.2, 0) is 9.59 Å². The maximum absolute atomic E-state index is 12.3. The first-order valence-corrected chi connectivity index (χ1v) is 6.61. The molecule has 1 heterocycles. The summed E-state index contributed by atoms with van der Waals surface area (Å²) >= 11 is 0. The Labute approximate surface area is 118 Å². The number of rotatable bonds is 4. The summed E-state index contributed by atoms with van der Waals surface area (Å²) in [6.07, 6.45) is 0.217. The van der Waals surface area contributed by atoms with Crippen LogP contribution in [0.4, 0.5) is 5.69 Å².